The maximum atomic E-state index is 14.0. The Morgan fingerprint density at radius 2 is 1.86 bits per heavy atom. The van der Waals surface area contributed by atoms with E-state index in [2.05, 4.69) is 32.6 Å². The molecular weight excluding hydrogens is 647 g/mol. The lowest BCUT2D eigenvalue weighted by molar-refractivity contribution is -0.153. The zero-order valence-electron chi connectivity index (χ0n) is 28.6. The van der Waals surface area contributed by atoms with Crippen LogP contribution in [0.2, 0.25) is 0 Å². The quantitative estimate of drug-likeness (QED) is 0.202. The highest BCUT2D eigenvalue weighted by Gasteiger charge is 2.47. The fourth-order valence-electron chi connectivity index (χ4n) is 8.00. The Hall–Kier alpha value is -4.39. The lowest BCUT2D eigenvalue weighted by atomic mass is 9.72. The number of carbonyl (C=O) groups excluding carboxylic acids is 1. The van der Waals surface area contributed by atoms with Gasteiger partial charge in [-0.05, 0) is 87.5 Å². The second kappa shape index (κ2) is 12.1. The largest absolute Gasteiger partial charge is 0.481 e. The van der Waals surface area contributed by atoms with Gasteiger partial charge in [0.25, 0.3) is 0 Å². The number of nitrogens with zero attached hydrogens (tertiary/aromatic N) is 6. The van der Waals surface area contributed by atoms with E-state index in [4.69, 9.17) is 19.4 Å². The number of alkyl halides is 3. The Morgan fingerprint density at radius 3 is 2.52 bits per heavy atom. The van der Waals surface area contributed by atoms with Gasteiger partial charge >= 0.3 is 12.2 Å². The topological polar surface area (TPSA) is 99.7 Å². The number of likely N-dealkylation sites (tertiary alicyclic amines) is 1. The molecule has 2 aromatic heterocycles. The number of piperidine rings is 1. The summed E-state index contributed by atoms with van der Waals surface area (Å²) in [5.74, 6) is 0.854. The first kappa shape index (κ1) is 32.8. The van der Waals surface area contributed by atoms with E-state index >= 15 is 0 Å². The minimum absolute atomic E-state index is 0.0403. The SMILES string of the molecule is C=CC(=O)N1CC2(CCN(c3nc(O[C@H]4C[C@@H](N(C)C)C4)nc4c(OCC(F)(F)F)c(-c5c(C)ccc6[nH]ncc56)c(C5CC5)cc34)CC2)C1. The van der Waals surface area contributed by atoms with E-state index in [-0.39, 0.29) is 35.1 Å². The van der Waals surface area contributed by atoms with Crippen LogP contribution in [0.1, 0.15) is 55.6 Å². The summed E-state index contributed by atoms with van der Waals surface area (Å²) in [5, 5.41) is 8.75. The fourth-order valence-corrected chi connectivity index (χ4v) is 8.00. The number of halogens is 3. The van der Waals surface area contributed by atoms with Crippen molar-refractivity contribution in [3.63, 3.8) is 0 Å². The van der Waals surface area contributed by atoms with Gasteiger partial charge in [0, 0.05) is 66.8 Å². The molecule has 2 aliphatic carbocycles. The number of aromatic nitrogens is 4. The van der Waals surface area contributed by atoms with Crippen LogP contribution in [0.5, 0.6) is 11.8 Å². The molecule has 4 heterocycles. The zero-order chi connectivity index (χ0) is 34.9. The number of aryl methyl sites for hydroxylation is 1. The third kappa shape index (κ3) is 5.92. The molecule has 264 valence electrons. The molecule has 0 radical (unpaired) electrons. The first-order valence-electron chi connectivity index (χ1n) is 17.4. The molecule has 0 unspecified atom stereocenters. The number of hydrogen-bond donors (Lipinski definition) is 1. The van der Waals surface area contributed by atoms with Crippen molar-refractivity contribution in [3.8, 4) is 22.9 Å². The Morgan fingerprint density at radius 1 is 1.12 bits per heavy atom. The first-order valence-corrected chi connectivity index (χ1v) is 17.4. The van der Waals surface area contributed by atoms with Crippen molar-refractivity contribution in [3.05, 3.63) is 48.2 Å². The number of anilines is 1. The summed E-state index contributed by atoms with van der Waals surface area (Å²) in [5.41, 5.74) is 4.38. The molecule has 2 aliphatic heterocycles. The fraction of sp³-hybridized carbons (Fsp3) is 0.514. The van der Waals surface area contributed by atoms with Gasteiger partial charge in [0.05, 0.1) is 11.7 Å². The van der Waals surface area contributed by atoms with Crippen LogP contribution >= 0.6 is 0 Å². The lowest BCUT2D eigenvalue weighted by Crippen LogP contribution is -2.61. The third-order valence-corrected chi connectivity index (χ3v) is 11.2. The molecule has 1 amide bonds. The molecule has 0 atom stereocenters. The van der Waals surface area contributed by atoms with Gasteiger partial charge in [-0.2, -0.15) is 28.2 Å². The smallest absolute Gasteiger partial charge is 0.422 e. The van der Waals surface area contributed by atoms with Crippen LogP contribution in [0.4, 0.5) is 19.0 Å². The number of rotatable bonds is 9. The van der Waals surface area contributed by atoms with Crippen LogP contribution in [-0.4, -0.2) is 101 Å². The predicted octanol–water partition coefficient (Wildman–Crippen LogP) is 6.39. The van der Waals surface area contributed by atoms with Gasteiger partial charge in [0.15, 0.2) is 12.4 Å². The van der Waals surface area contributed by atoms with Crippen LogP contribution in [0.15, 0.2) is 37.1 Å². The highest BCUT2D eigenvalue weighted by molar-refractivity contribution is 6.06. The predicted molar refractivity (Wildman–Crippen MR) is 185 cm³/mol. The molecule has 10 nitrogen and oxygen atoms in total. The van der Waals surface area contributed by atoms with E-state index in [0.29, 0.717) is 54.5 Å². The summed E-state index contributed by atoms with van der Waals surface area (Å²) in [6, 6.07) is 6.49. The van der Waals surface area contributed by atoms with Gasteiger partial charge < -0.3 is 24.2 Å². The van der Waals surface area contributed by atoms with E-state index in [1.54, 1.807) is 6.20 Å². The molecule has 50 heavy (non-hydrogen) atoms. The number of ether oxygens (including phenoxy) is 2. The number of aromatic amines is 1. The molecule has 2 aromatic carbocycles. The molecule has 0 bridgehead atoms. The minimum Gasteiger partial charge on any atom is -0.481 e. The number of fused-ring (bicyclic) bond motifs is 2. The minimum atomic E-state index is -4.57. The number of nitrogens with one attached hydrogen (secondary N) is 1. The molecule has 1 N–H and O–H groups in total. The Bertz CT molecular complexity index is 1970. The molecule has 4 aliphatic rings. The van der Waals surface area contributed by atoms with E-state index < -0.39 is 12.8 Å². The van der Waals surface area contributed by atoms with E-state index in [9.17, 15) is 18.0 Å². The van der Waals surface area contributed by atoms with Gasteiger partial charge in [-0.3, -0.25) is 9.89 Å². The monoisotopic (exact) mass is 689 g/mol. The van der Waals surface area contributed by atoms with Crippen molar-refractivity contribution in [2.45, 2.75) is 69.7 Å². The molecule has 4 aromatic rings. The van der Waals surface area contributed by atoms with Gasteiger partial charge in [-0.1, -0.05) is 12.6 Å². The van der Waals surface area contributed by atoms with Crippen molar-refractivity contribution < 1.29 is 27.4 Å². The van der Waals surface area contributed by atoms with Crippen LogP contribution in [0, 0.1) is 12.3 Å². The molecular formula is C37H42F3N7O3. The van der Waals surface area contributed by atoms with Gasteiger partial charge in [0.1, 0.15) is 17.4 Å². The van der Waals surface area contributed by atoms with Gasteiger partial charge in [-0.25, -0.2) is 0 Å². The number of benzene rings is 2. The highest BCUT2D eigenvalue weighted by atomic mass is 19.4. The molecule has 1 spiro atoms. The summed E-state index contributed by atoms with van der Waals surface area (Å²) in [7, 11) is 4.07. The molecule has 13 heteroatoms. The van der Waals surface area contributed by atoms with Crippen LogP contribution < -0.4 is 14.4 Å². The van der Waals surface area contributed by atoms with E-state index in [1.165, 1.54) is 6.08 Å². The number of H-pyrrole nitrogens is 1. The first-order chi connectivity index (χ1) is 23.9. The van der Waals surface area contributed by atoms with E-state index in [0.717, 1.165) is 66.1 Å². The molecule has 2 saturated carbocycles. The van der Waals surface area contributed by atoms with Crippen LogP contribution in [-0.2, 0) is 4.79 Å². The van der Waals surface area contributed by atoms with Crippen molar-refractivity contribution in [2.24, 2.45) is 5.41 Å². The molecule has 8 rings (SSSR count). The highest BCUT2D eigenvalue weighted by Crippen LogP contribution is 2.53. The number of amides is 1. The van der Waals surface area contributed by atoms with E-state index in [1.807, 2.05) is 38.1 Å². The van der Waals surface area contributed by atoms with Gasteiger partial charge in [0.2, 0.25) is 5.91 Å². The van der Waals surface area contributed by atoms with Crippen LogP contribution in [0.25, 0.3) is 32.9 Å². The molecule has 4 fully saturated rings. The number of hydrogen-bond acceptors (Lipinski definition) is 8. The summed E-state index contributed by atoms with van der Waals surface area (Å²) in [6.07, 6.45) is 3.59. The average molecular weight is 690 g/mol. The maximum Gasteiger partial charge on any atom is 0.422 e. The maximum absolute atomic E-state index is 14.0. The van der Waals surface area contributed by atoms with Gasteiger partial charge in [-0.15, -0.1) is 0 Å². The molecule has 2 saturated heterocycles. The average Bonchev–Trinajstić information content (AvgIpc) is 3.79. The number of carbonyl (C=O) groups is 1. The zero-order valence-corrected chi connectivity index (χ0v) is 28.6. The van der Waals surface area contributed by atoms with Crippen molar-refractivity contribution in [2.75, 3.05) is 51.8 Å². The summed E-state index contributed by atoms with van der Waals surface area (Å²) in [4.78, 5) is 28.3. The normalized spacial score (nSPS) is 21.8. The van der Waals surface area contributed by atoms with Crippen molar-refractivity contribution in [1.82, 2.24) is 30.0 Å². The second-order valence-electron chi connectivity index (χ2n) is 14.9. The standard InChI is InChI=1S/C37H42F3N7O3/c1-5-29(48)47-18-36(19-47)10-12-46(13-11-36)34-26-16-25(22-7-8-22)31(30-21(2)6-9-28-27(30)17-41-44-28)33(49-20-37(38,39)40)32(26)42-35(43-34)50-24-14-23(15-24)45(3)4/h5-6,9,16-17,22-24H,1,7-8,10-15,18-20H2,2-4H3,(H,41,44)/t23-,24+. The van der Waals surface area contributed by atoms with Crippen molar-refractivity contribution >= 4 is 33.5 Å². The van der Waals surface area contributed by atoms with Crippen molar-refractivity contribution in [1.29, 1.82) is 0 Å². The summed E-state index contributed by atoms with van der Waals surface area (Å²) >= 11 is 0. The Labute approximate surface area is 288 Å². The second-order valence-corrected chi connectivity index (χ2v) is 14.9. The summed E-state index contributed by atoms with van der Waals surface area (Å²) in [6.45, 7) is 6.88. The lowest BCUT2D eigenvalue weighted by Gasteiger charge is -2.54. The third-order valence-electron chi connectivity index (χ3n) is 11.2. The Kier molecular flexibility index (Phi) is 7.96. The summed E-state index contributed by atoms with van der Waals surface area (Å²) < 4.78 is 54.2. The van der Waals surface area contributed by atoms with Crippen LogP contribution in [0.3, 0.4) is 0 Å². The Balaban J connectivity index is 1.28.